The number of nitrogens with zero attached hydrogens (tertiary/aromatic N) is 5. The van der Waals surface area contributed by atoms with Crippen LogP contribution in [0.1, 0.15) is 25.7 Å². The first kappa shape index (κ1) is 15.4. The van der Waals surface area contributed by atoms with Gasteiger partial charge in [-0.25, -0.2) is 0 Å². The minimum absolute atomic E-state index is 0.243. The van der Waals surface area contributed by atoms with E-state index in [-0.39, 0.29) is 11.8 Å². The summed E-state index contributed by atoms with van der Waals surface area (Å²) in [4.78, 5) is 27.8. The van der Waals surface area contributed by atoms with Crippen LogP contribution in [0.25, 0.3) is 15.7 Å². The van der Waals surface area contributed by atoms with E-state index in [0.717, 1.165) is 9.88 Å². The van der Waals surface area contributed by atoms with Crippen molar-refractivity contribution in [3.63, 3.8) is 0 Å². The summed E-state index contributed by atoms with van der Waals surface area (Å²) >= 11 is 2.99. The lowest BCUT2D eigenvalue weighted by Gasteiger charge is -2.12. The number of aromatic nitrogens is 4. The smallest absolute Gasteiger partial charge is 0.261 e. The number of rotatable bonds is 4. The molecule has 0 spiro atoms. The van der Waals surface area contributed by atoms with E-state index in [4.69, 9.17) is 0 Å². The SMILES string of the molecule is O=C1c2ccccc2C(=O)N1CCc1nn2c(-c3cccs3)nnc2s1. The van der Waals surface area contributed by atoms with Gasteiger partial charge in [0, 0.05) is 13.0 Å². The third-order valence-corrected chi connectivity index (χ3v) is 6.03. The molecule has 0 saturated heterocycles. The average Bonchev–Trinajstić information content (AvgIpc) is 3.40. The van der Waals surface area contributed by atoms with Crippen molar-refractivity contribution in [1.29, 1.82) is 0 Å². The van der Waals surface area contributed by atoms with Crippen molar-refractivity contribution in [2.75, 3.05) is 6.54 Å². The van der Waals surface area contributed by atoms with Gasteiger partial charge in [-0.15, -0.1) is 21.5 Å². The number of thiophene rings is 1. The van der Waals surface area contributed by atoms with Gasteiger partial charge in [-0.1, -0.05) is 29.5 Å². The Morgan fingerprint density at radius 3 is 2.42 bits per heavy atom. The zero-order chi connectivity index (χ0) is 17.7. The van der Waals surface area contributed by atoms with Gasteiger partial charge in [0.25, 0.3) is 11.8 Å². The molecule has 0 atom stereocenters. The molecular formula is C17H11N5O2S2. The van der Waals surface area contributed by atoms with Gasteiger partial charge in [0.1, 0.15) is 5.01 Å². The summed E-state index contributed by atoms with van der Waals surface area (Å²) in [6.07, 6.45) is 0.489. The topological polar surface area (TPSA) is 80.5 Å². The summed E-state index contributed by atoms with van der Waals surface area (Å²) in [7, 11) is 0. The van der Waals surface area contributed by atoms with Crippen molar-refractivity contribution in [2.24, 2.45) is 0 Å². The van der Waals surface area contributed by atoms with Gasteiger partial charge < -0.3 is 0 Å². The molecule has 4 aromatic rings. The second-order valence-corrected chi connectivity index (χ2v) is 7.74. The van der Waals surface area contributed by atoms with Gasteiger partial charge in [0.15, 0.2) is 5.82 Å². The number of carbonyl (C=O) groups excluding carboxylic acids is 2. The molecule has 0 saturated carbocycles. The van der Waals surface area contributed by atoms with Crippen molar-refractivity contribution in [2.45, 2.75) is 6.42 Å². The normalized spacial score (nSPS) is 13.8. The summed E-state index contributed by atoms with van der Waals surface area (Å²) in [5.74, 6) is 0.221. The van der Waals surface area contributed by atoms with Gasteiger partial charge in [0.05, 0.1) is 16.0 Å². The van der Waals surface area contributed by atoms with E-state index >= 15 is 0 Å². The maximum Gasteiger partial charge on any atom is 0.261 e. The maximum atomic E-state index is 12.4. The molecule has 0 N–H and O–H groups in total. The molecule has 26 heavy (non-hydrogen) atoms. The van der Waals surface area contributed by atoms with E-state index < -0.39 is 0 Å². The van der Waals surface area contributed by atoms with Crippen molar-refractivity contribution >= 4 is 39.4 Å². The quantitative estimate of drug-likeness (QED) is 0.508. The molecule has 1 aliphatic rings. The largest absolute Gasteiger partial charge is 0.274 e. The first-order chi connectivity index (χ1) is 12.7. The number of hydrogen-bond acceptors (Lipinski definition) is 7. The van der Waals surface area contributed by atoms with Crippen LogP contribution in [-0.2, 0) is 6.42 Å². The molecule has 0 aliphatic carbocycles. The Hall–Kier alpha value is -2.91. The van der Waals surface area contributed by atoms with Crippen LogP contribution in [0.3, 0.4) is 0 Å². The zero-order valence-corrected chi connectivity index (χ0v) is 15.0. The van der Waals surface area contributed by atoms with Gasteiger partial charge in [0.2, 0.25) is 4.96 Å². The lowest BCUT2D eigenvalue weighted by atomic mass is 10.1. The summed E-state index contributed by atoms with van der Waals surface area (Å²) in [5.41, 5.74) is 0.936. The van der Waals surface area contributed by atoms with E-state index in [9.17, 15) is 9.59 Å². The molecule has 5 rings (SSSR count). The second-order valence-electron chi connectivity index (χ2n) is 5.75. The molecule has 1 aromatic carbocycles. The van der Waals surface area contributed by atoms with Gasteiger partial charge in [-0.2, -0.15) is 9.61 Å². The Labute approximate surface area is 155 Å². The van der Waals surface area contributed by atoms with E-state index in [2.05, 4.69) is 15.3 Å². The molecule has 3 aromatic heterocycles. The van der Waals surface area contributed by atoms with Crippen LogP contribution < -0.4 is 0 Å². The fourth-order valence-corrected chi connectivity index (χ4v) is 4.48. The molecule has 0 unspecified atom stereocenters. The third kappa shape index (κ3) is 2.28. The van der Waals surface area contributed by atoms with Crippen molar-refractivity contribution < 1.29 is 9.59 Å². The minimum Gasteiger partial charge on any atom is -0.274 e. The lowest BCUT2D eigenvalue weighted by molar-refractivity contribution is 0.0656. The molecule has 9 heteroatoms. The first-order valence-electron chi connectivity index (χ1n) is 7.92. The Bertz CT molecular complexity index is 1110. The summed E-state index contributed by atoms with van der Waals surface area (Å²) < 4.78 is 1.72. The number of hydrogen-bond donors (Lipinski definition) is 0. The fraction of sp³-hybridized carbons (Fsp3) is 0.118. The van der Waals surface area contributed by atoms with E-state index in [1.54, 1.807) is 40.1 Å². The Kier molecular flexibility index (Phi) is 3.44. The van der Waals surface area contributed by atoms with E-state index in [1.807, 2.05) is 17.5 Å². The molecule has 0 radical (unpaired) electrons. The Morgan fingerprint density at radius 2 is 1.73 bits per heavy atom. The van der Waals surface area contributed by atoms with Crippen molar-refractivity contribution in [3.05, 3.63) is 57.9 Å². The molecule has 1 aliphatic heterocycles. The standard InChI is InChI=1S/C17H11N5O2S2/c23-15-10-4-1-2-5-11(10)16(24)21(15)8-7-13-20-22-14(12-6-3-9-25-12)18-19-17(22)26-13/h1-6,9H,7-8H2. The highest BCUT2D eigenvalue weighted by molar-refractivity contribution is 7.16. The minimum atomic E-state index is -0.243. The van der Waals surface area contributed by atoms with Gasteiger partial charge in [-0.05, 0) is 23.6 Å². The number of benzene rings is 1. The number of imide groups is 1. The summed E-state index contributed by atoms with van der Waals surface area (Å²) in [6.45, 7) is 0.296. The average molecular weight is 381 g/mol. The van der Waals surface area contributed by atoms with Crippen LogP contribution in [-0.4, -0.2) is 43.1 Å². The van der Waals surface area contributed by atoms with Gasteiger partial charge in [-0.3, -0.25) is 14.5 Å². The zero-order valence-electron chi connectivity index (χ0n) is 13.3. The molecular weight excluding hydrogens is 370 g/mol. The number of amides is 2. The van der Waals surface area contributed by atoms with Crippen LogP contribution in [0.4, 0.5) is 0 Å². The number of fused-ring (bicyclic) bond motifs is 2. The van der Waals surface area contributed by atoms with Crippen molar-refractivity contribution in [1.82, 2.24) is 24.7 Å². The van der Waals surface area contributed by atoms with Crippen LogP contribution in [0.5, 0.6) is 0 Å². The monoisotopic (exact) mass is 381 g/mol. The van der Waals surface area contributed by atoms with Crippen LogP contribution in [0.2, 0.25) is 0 Å². The summed E-state index contributed by atoms with van der Waals surface area (Å²) in [6, 6.07) is 10.8. The van der Waals surface area contributed by atoms with Crippen LogP contribution in [0, 0.1) is 0 Å². The molecule has 128 valence electrons. The van der Waals surface area contributed by atoms with Crippen LogP contribution in [0.15, 0.2) is 41.8 Å². The first-order valence-corrected chi connectivity index (χ1v) is 9.62. The maximum absolute atomic E-state index is 12.4. The van der Waals surface area contributed by atoms with Crippen LogP contribution >= 0.6 is 22.7 Å². The molecule has 7 nitrogen and oxygen atoms in total. The Balaban J connectivity index is 1.38. The molecule has 0 bridgehead atoms. The highest BCUT2D eigenvalue weighted by Gasteiger charge is 2.34. The number of carbonyl (C=O) groups is 2. The molecule has 2 amide bonds. The van der Waals surface area contributed by atoms with E-state index in [1.165, 1.54) is 16.2 Å². The predicted octanol–water partition coefficient (Wildman–Crippen LogP) is 2.75. The third-order valence-electron chi connectivity index (χ3n) is 4.20. The lowest BCUT2D eigenvalue weighted by Crippen LogP contribution is -2.31. The van der Waals surface area contributed by atoms with Gasteiger partial charge >= 0.3 is 0 Å². The van der Waals surface area contributed by atoms with Crippen molar-refractivity contribution in [3.8, 4) is 10.7 Å². The Morgan fingerprint density at radius 1 is 0.962 bits per heavy atom. The molecule has 4 heterocycles. The highest BCUT2D eigenvalue weighted by Crippen LogP contribution is 2.26. The summed E-state index contributed by atoms with van der Waals surface area (Å²) in [5, 5.41) is 15.7. The van der Waals surface area contributed by atoms with E-state index in [0.29, 0.717) is 34.9 Å². The fourth-order valence-electron chi connectivity index (χ4n) is 2.97. The predicted molar refractivity (Wildman–Crippen MR) is 97.5 cm³/mol. The highest BCUT2D eigenvalue weighted by atomic mass is 32.1. The second kappa shape index (κ2) is 5.82. The molecule has 0 fully saturated rings.